The molecule has 1 aromatic carbocycles. The summed E-state index contributed by atoms with van der Waals surface area (Å²) >= 11 is 3.61. The van der Waals surface area contributed by atoms with Gasteiger partial charge in [-0.05, 0) is 57.3 Å². The maximum atomic E-state index is 10.7. The SMILES string of the molecule is O=C(O)c1cc(I)cc(C(=O)O)c1I. The lowest BCUT2D eigenvalue weighted by atomic mass is 10.1. The summed E-state index contributed by atoms with van der Waals surface area (Å²) in [5.41, 5.74) is 0.0461. The molecular formula is C8H4I2O4. The van der Waals surface area contributed by atoms with Crippen molar-refractivity contribution in [2.45, 2.75) is 0 Å². The van der Waals surface area contributed by atoms with Crippen LogP contribution in [0, 0.1) is 7.14 Å². The van der Waals surface area contributed by atoms with Gasteiger partial charge in [0.05, 0.1) is 11.1 Å². The third-order valence-corrected chi connectivity index (χ3v) is 3.28. The topological polar surface area (TPSA) is 74.6 Å². The van der Waals surface area contributed by atoms with E-state index in [2.05, 4.69) is 0 Å². The van der Waals surface area contributed by atoms with Crippen LogP contribution in [0.25, 0.3) is 0 Å². The van der Waals surface area contributed by atoms with Crippen molar-refractivity contribution in [3.8, 4) is 0 Å². The summed E-state index contributed by atoms with van der Waals surface area (Å²) in [7, 11) is 0. The van der Waals surface area contributed by atoms with Crippen molar-refractivity contribution in [3.05, 3.63) is 30.4 Å². The Hall–Kier alpha value is -0.380. The van der Waals surface area contributed by atoms with Crippen LogP contribution in [0.2, 0.25) is 0 Å². The molecule has 2 N–H and O–H groups in total. The molecule has 0 saturated heterocycles. The van der Waals surface area contributed by atoms with E-state index in [4.69, 9.17) is 10.2 Å². The summed E-state index contributed by atoms with van der Waals surface area (Å²) in [4.78, 5) is 21.5. The van der Waals surface area contributed by atoms with Crippen LogP contribution >= 0.6 is 45.2 Å². The fourth-order valence-corrected chi connectivity index (χ4v) is 2.30. The molecule has 1 aromatic rings. The fraction of sp³-hybridized carbons (Fsp3) is 0. The van der Waals surface area contributed by atoms with Gasteiger partial charge >= 0.3 is 11.9 Å². The molecule has 0 spiro atoms. The lowest BCUT2D eigenvalue weighted by Crippen LogP contribution is -2.07. The molecule has 0 atom stereocenters. The first-order valence-electron chi connectivity index (χ1n) is 3.39. The van der Waals surface area contributed by atoms with Crippen molar-refractivity contribution in [2.75, 3.05) is 0 Å². The number of carbonyl (C=O) groups is 2. The van der Waals surface area contributed by atoms with Gasteiger partial charge in [-0.3, -0.25) is 0 Å². The zero-order valence-electron chi connectivity index (χ0n) is 6.62. The molecule has 0 aliphatic heterocycles. The second-order valence-electron chi connectivity index (χ2n) is 2.43. The van der Waals surface area contributed by atoms with Gasteiger partial charge < -0.3 is 10.2 Å². The van der Waals surface area contributed by atoms with Gasteiger partial charge in [-0.2, -0.15) is 0 Å². The van der Waals surface area contributed by atoms with Crippen molar-refractivity contribution in [1.29, 1.82) is 0 Å². The van der Waals surface area contributed by atoms with Gasteiger partial charge in [0.1, 0.15) is 0 Å². The van der Waals surface area contributed by atoms with Gasteiger partial charge in [-0.25, -0.2) is 9.59 Å². The van der Waals surface area contributed by atoms with Crippen molar-refractivity contribution >= 4 is 57.1 Å². The predicted octanol–water partition coefficient (Wildman–Crippen LogP) is 2.29. The Morgan fingerprint density at radius 2 is 1.36 bits per heavy atom. The summed E-state index contributed by atoms with van der Waals surface area (Å²) in [6, 6.07) is 2.88. The highest BCUT2D eigenvalue weighted by molar-refractivity contribution is 14.1. The van der Waals surface area contributed by atoms with E-state index in [-0.39, 0.29) is 14.7 Å². The number of rotatable bonds is 2. The number of hydrogen-bond acceptors (Lipinski definition) is 2. The van der Waals surface area contributed by atoms with Crippen LogP contribution in [0.15, 0.2) is 12.1 Å². The van der Waals surface area contributed by atoms with E-state index in [9.17, 15) is 9.59 Å². The lowest BCUT2D eigenvalue weighted by molar-refractivity contribution is 0.0695. The zero-order chi connectivity index (χ0) is 10.9. The molecule has 14 heavy (non-hydrogen) atoms. The largest absolute Gasteiger partial charge is 0.478 e. The molecule has 0 unspecified atom stereocenters. The molecule has 0 aromatic heterocycles. The van der Waals surface area contributed by atoms with Crippen LogP contribution in [0.1, 0.15) is 20.7 Å². The second kappa shape index (κ2) is 4.43. The van der Waals surface area contributed by atoms with Crippen LogP contribution in [0.4, 0.5) is 0 Å². The molecule has 1 rings (SSSR count). The van der Waals surface area contributed by atoms with E-state index in [0.717, 1.165) is 0 Å². The highest BCUT2D eigenvalue weighted by atomic mass is 127. The van der Waals surface area contributed by atoms with Gasteiger partial charge in [0.25, 0.3) is 0 Å². The Balaban J connectivity index is 3.47. The number of carboxylic acid groups (broad SMARTS) is 2. The smallest absolute Gasteiger partial charge is 0.336 e. The van der Waals surface area contributed by atoms with E-state index in [1.54, 1.807) is 22.6 Å². The maximum absolute atomic E-state index is 10.7. The van der Waals surface area contributed by atoms with E-state index in [1.165, 1.54) is 12.1 Å². The normalized spacial score (nSPS) is 9.86. The first kappa shape index (κ1) is 11.7. The van der Waals surface area contributed by atoms with Gasteiger partial charge in [-0.1, -0.05) is 0 Å². The fourth-order valence-electron chi connectivity index (χ4n) is 0.900. The summed E-state index contributed by atoms with van der Waals surface area (Å²) in [6.45, 7) is 0. The third-order valence-electron chi connectivity index (χ3n) is 1.50. The Morgan fingerprint density at radius 1 is 1.00 bits per heavy atom. The highest BCUT2D eigenvalue weighted by Gasteiger charge is 2.17. The average Bonchev–Trinajstić information content (AvgIpc) is 2.07. The van der Waals surface area contributed by atoms with Gasteiger partial charge in [0.2, 0.25) is 0 Å². The Morgan fingerprint density at radius 3 is 1.64 bits per heavy atom. The Bertz CT molecular complexity index is 379. The number of hydrogen-bond donors (Lipinski definition) is 2. The van der Waals surface area contributed by atoms with Crippen molar-refractivity contribution in [1.82, 2.24) is 0 Å². The molecule has 74 valence electrons. The van der Waals surface area contributed by atoms with Crippen LogP contribution < -0.4 is 0 Å². The van der Waals surface area contributed by atoms with E-state index in [1.807, 2.05) is 22.6 Å². The summed E-state index contributed by atoms with van der Waals surface area (Å²) < 4.78 is 0.848. The predicted molar refractivity (Wildman–Crippen MR) is 65.8 cm³/mol. The quantitative estimate of drug-likeness (QED) is 0.724. The van der Waals surface area contributed by atoms with Crippen molar-refractivity contribution in [3.63, 3.8) is 0 Å². The van der Waals surface area contributed by atoms with Crippen molar-refractivity contribution in [2.24, 2.45) is 0 Å². The average molecular weight is 418 g/mol. The summed E-state index contributed by atoms with van der Waals surface area (Å²) in [6.07, 6.45) is 0. The molecule has 0 bridgehead atoms. The molecule has 6 heteroatoms. The minimum absolute atomic E-state index is 0.0231. The van der Waals surface area contributed by atoms with Crippen molar-refractivity contribution < 1.29 is 19.8 Å². The molecule has 0 radical (unpaired) electrons. The molecule has 0 fully saturated rings. The number of benzene rings is 1. The molecule has 0 aliphatic rings. The Kier molecular flexibility index (Phi) is 3.70. The van der Waals surface area contributed by atoms with Crippen LogP contribution in [0.5, 0.6) is 0 Å². The van der Waals surface area contributed by atoms with Crippen LogP contribution in [-0.2, 0) is 0 Å². The highest BCUT2D eigenvalue weighted by Crippen LogP contribution is 2.21. The van der Waals surface area contributed by atoms with Gasteiger partial charge in [-0.15, -0.1) is 0 Å². The first-order chi connectivity index (χ1) is 6.43. The summed E-state index contributed by atoms with van der Waals surface area (Å²) in [5.74, 6) is -2.23. The van der Waals surface area contributed by atoms with E-state index in [0.29, 0.717) is 3.57 Å². The van der Waals surface area contributed by atoms with Gasteiger partial charge in [0.15, 0.2) is 0 Å². The van der Waals surface area contributed by atoms with Gasteiger partial charge in [0, 0.05) is 7.14 Å². The molecule has 0 saturated carbocycles. The third kappa shape index (κ3) is 2.35. The number of halogens is 2. The minimum Gasteiger partial charge on any atom is -0.478 e. The first-order valence-corrected chi connectivity index (χ1v) is 5.55. The van der Waals surface area contributed by atoms with Crippen LogP contribution in [0.3, 0.4) is 0 Å². The molecular weight excluding hydrogens is 414 g/mol. The minimum atomic E-state index is -1.12. The zero-order valence-corrected chi connectivity index (χ0v) is 10.9. The molecule has 0 aliphatic carbocycles. The molecule has 0 heterocycles. The Labute approximate surface area is 107 Å². The standard InChI is InChI=1S/C8H4I2O4/c9-3-1-4(7(11)12)6(10)5(2-3)8(13)14/h1-2H,(H,11,12)(H,13,14). The molecule has 4 nitrogen and oxygen atoms in total. The second-order valence-corrected chi connectivity index (χ2v) is 4.75. The summed E-state index contributed by atoms with van der Waals surface area (Å²) in [5, 5.41) is 17.6. The van der Waals surface area contributed by atoms with Crippen LogP contribution in [-0.4, -0.2) is 22.2 Å². The lowest BCUT2D eigenvalue weighted by Gasteiger charge is -2.04. The number of carboxylic acids is 2. The monoisotopic (exact) mass is 418 g/mol. The van der Waals surface area contributed by atoms with E-state index >= 15 is 0 Å². The van der Waals surface area contributed by atoms with E-state index < -0.39 is 11.9 Å². The maximum Gasteiger partial charge on any atom is 0.336 e. The number of aromatic carboxylic acids is 2. The molecule has 0 amide bonds.